The Bertz CT molecular complexity index is 886. The van der Waals surface area contributed by atoms with Crippen molar-refractivity contribution in [3.8, 4) is 0 Å². The Morgan fingerprint density at radius 1 is 1.30 bits per heavy atom. The van der Waals surface area contributed by atoms with Crippen molar-refractivity contribution < 1.29 is 29.4 Å². The number of carboxylic acid groups (broad SMARTS) is 2. The summed E-state index contributed by atoms with van der Waals surface area (Å²) >= 11 is 4.56. The molecule has 27 heavy (non-hydrogen) atoms. The maximum Gasteiger partial charge on any atom is 0.352 e. The van der Waals surface area contributed by atoms with E-state index in [-0.39, 0.29) is 11.3 Å². The van der Waals surface area contributed by atoms with Crippen LogP contribution in [0, 0.1) is 0 Å². The molecular weight excluding hydrogens is 440 g/mol. The maximum absolute atomic E-state index is 12.6. The van der Waals surface area contributed by atoms with Crippen LogP contribution < -0.4 is 5.32 Å². The van der Waals surface area contributed by atoms with Gasteiger partial charge in [0.2, 0.25) is 5.91 Å². The molecule has 0 radical (unpaired) electrons. The van der Waals surface area contributed by atoms with Crippen LogP contribution in [0.5, 0.6) is 0 Å². The van der Waals surface area contributed by atoms with E-state index in [0.29, 0.717) is 15.8 Å². The number of nitrogens with zero attached hydrogens (tertiary/aromatic N) is 1. The zero-order valence-corrected chi connectivity index (χ0v) is 16.4. The number of nitrogens with one attached hydrogen (secondary N) is 1. The van der Waals surface area contributed by atoms with E-state index in [9.17, 15) is 29.4 Å². The fraction of sp³-hybridized carbons (Fsp3) is 0.294. The van der Waals surface area contributed by atoms with Gasteiger partial charge in [-0.3, -0.25) is 19.3 Å². The number of aliphatic carboxylic acids is 2. The van der Waals surface area contributed by atoms with E-state index in [1.807, 2.05) is 0 Å². The number of fused-ring (bicyclic) bond motifs is 1. The minimum atomic E-state index is -1.49. The van der Waals surface area contributed by atoms with Gasteiger partial charge in [-0.15, -0.1) is 11.8 Å². The Morgan fingerprint density at radius 3 is 2.56 bits per heavy atom. The van der Waals surface area contributed by atoms with Crippen molar-refractivity contribution in [3.63, 3.8) is 0 Å². The van der Waals surface area contributed by atoms with Crippen molar-refractivity contribution >= 4 is 51.4 Å². The molecule has 2 amide bonds. The molecule has 0 aromatic heterocycles. The lowest BCUT2D eigenvalue weighted by Crippen LogP contribution is -2.70. The summed E-state index contributed by atoms with van der Waals surface area (Å²) in [6.07, 6.45) is 0. The molecule has 0 spiro atoms. The first-order valence-corrected chi connectivity index (χ1v) is 9.73. The van der Waals surface area contributed by atoms with Crippen LogP contribution in [0.15, 0.2) is 40.0 Å². The highest BCUT2D eigenvalue weighted by molar-refractivity contribution is 9.10. The van der Waals surface area contributed by atoms with Crippen LogP contribution in [-0.2, 0) is 19.2 Å². The minimum absolute atomic E-state index is 0.0742. The molecule has 1 saturated heterocycles. The smallest absolute Gasteiger partial charge is 0.352 e. The molecule has 142 valence electrons. The molecule has 3 N–H and O–H groups in total. The first-order valence-electron chi connectivity index (χ1n) is 7.89. The Hall–Kier alpha value is -2.33. The van der Waals surface area contributed by atoms with Gasteiger partial charge in [0.25, 0.3) is 5.91 Å². The Balaban J connectivity index is 1.81. The van der Waals surface area contributed by atoms with Crippen LogP contribution in [0.4, 0.5) is 0 Å². The molecule has 1 fully saturated rings. The molecular formula is C17H15BrN2O6S. The lowest BCUT2D eigenvalue weighted by atomic mass is 9.96. The monoisotopic (exact) mass is 454 g/mol. The summed E-state index contributed by atoms with van der Waals surface area (Å²) < 4.78 is 0.466. The lowest BCUT2D eigenvalue weighted by molar-refractivity contribution is -0.152. The van der Waals surface area contributed by atoms with Crippen molar-refractivity contribution in [2.75, 3.05) is 5.75 Å². The molecule has 2 heterocycles. The molecule has 3 rings (SSSR count). The maximum atomic E-state index is 12.6. The first kappa shape index (κ1) is 19.4. The highest BCUT2D eigenvalue weighted by Crippen LogP contribution is 2.40. The van der Waals surface area contributed by atoms with Gasteiger partial charge in [-0.25, -0.2) is 4.79 Å². The highest BCUT2D eigenvalue weighted by Gasteiger charge is 2.54. The minimum Gasteiger partial charge on any atom is -0.480 e. The summed E-state index contributed by atoms with van der Waals surface area (Å²) in [6, 6.07) is 5.48. The molecule has 2 aliphatic heterocycles. The number of β-lactam (4-membered cyclic amide) rings is 1. The number of thioether (sulfide) groups is 1. The molecule has 0 aliphatic carbocycles. The normalized spacial score (nSPS) is 22.6. The number of benzene rings is 1. The molecule has 2 unspecified atom stereocenters. The zero-order valence-electron chi connectivity index (χ0n) is 14.0. The van der Waals surface area contributed by atoms with Gasteiger partial charge in [-0.2, -0.15) is 0 Å². The third kappa shape index (κ3) is 3.34. The standard InChI is InChI=1S/C17H15BrN2O6S/c1-7-6-27-15-11(14(22)20(15)12(7)17(25)26)19-13(21)10(16(23)24)8-4-2-3-5-9(8)18/h2-5,10-11,15H,6H2,1H3,(H,19,21)(H,23,24)(H,25,26)/t10?,11?,15-/m1/s1. The lowest BCUT2D eigenvalue weighted by Gasteiger charge is -2.49. The molecule has 1 aromatic rings. The second kappa shape index (κ2) is 7.35. The number of rotatable bonds is 5. The van der Waals surface area contributed by atoms with E-state index >= 15 is 0 Å². The van der Waals surface area contributed by atoms with Gasteiger partial charge in [-0.1, -0.05) is 34.1 Å². The quantitative estimate of drug-likeness (QED) is 0.453. The second-order valence-electron chi connectivity index (χ2n) is 6.12. The molecule has 3 atom stereocenters. The van der Waals surface area contributed by atoms with Crippen LogP contribution in [-0.4, -0.2) is 56.0 Å². The van der Waals surface area contributed by atoms with Crippen molar-refractivity contribution in [1.82, 2.24) is 10.2 Å². The number of amides is 2. The van der Waals surface area contributed by atoms with Crippen molar-refractivity contribution in [1.29, 1.82) is 0 Å². The Kier molecular flexibility index (Phi) is 5.29. The van der Waals surface area contributed by atoms with Crippen molar-refractivity contribution in [2.45, 2.75) is 24.3 Å². The van der Waals surface area contributed by atoms with E-state index in [4.69, 9.17) is 0 Å². The van der Waals surface area contributed by atoms with Crippen LogP contribution in [0.2, 0.25) is 0 Å². The molecule has 2 aliphatic rings. The van der Waals surface area contributed by atoms with Crippen LogP contribution in [0.1, 0.15) is 18.4 Å². The van der Waals surface area contributed by atoms with Crippen molar-refractivity contribution in [2.24, 2.45) is 0 Å². The van der Waals surface area contributed by atoms with Gasteiger partial charge in [0.15, 0.2) is 5.92 Å². The molecule has 0 bridgehead atoms. The Morgan fingerprint density at radius 2 is 1.96 bits per heavy atom. The van der Waals surface area contributed by atoms with Crippen LogP contribution in [0.3, 0.4) is 0 Å². The summed E-state index contributed by atoms with van der Waals surface area (Å²) in [6.45, 7) is 1.64. The van der Waals surface area contributed by atoms with E-state index in [1.165, 1.54) is 17.8 Å². The van der Waals surface area contributed by atoms with E-state index in [0.717, 1.165) is 4.90 Å². The fourth-order valence-electron chi connectivity index (χ4n) is 3.11. The van der Waals surface area contributed by atoms with Gasteiger partial charge < -0.3 is 15.5 Å². The van der Waals surface area contributed by atoms with E-state index < -0.39 is 41.1 Å². The SMILES string of the molecule is CC1=C(C(=O)O)N2C(=O)C(NC(=O)C(C(=O)O)c3ccccc3Br)[C@H]2SC1. The number of hydrogen-bond acceptors (Lipinski definition) is 5. The summed E-state index contributed by atoms with van der Waals surface area (Å²) in [5.41, 5.74) is 0.762. The van der Waals surface area contributed by atoms with Gasteiger partial charge in [0.1, 0.15) is 17.1 Å². The van der Waals surface area contributed by atoms with E-state index in [1.54, 1.807) is 25.1 Å². The summed E-state index contributed by atoms with van der Waals surface area (Å²) in [5.74, 6) is -5.01. The van der Waals surface area contributed by atoms with Crippen molar-refractivity contribution in [3.05, 3.63) is 45.6 Å². The third-order valence-corrected chi connectivity index (χ3v) is 6.53. The molecule has 8 nitrogen and oxygen atoms in total. The summed E-state index contributed by atoms with van der Waals surface area (Å²) in [7, 11) is 0. The number of carboxylic acids is 2. The largest absolute Gasteiger partial charge is 0.480 e. The first-order chi connectivity index (χ1) is 12.7. The summed E-state index contributed by atoms with van der Waals surface area (Å²) in [5, 5.41) is 20.7. The average molecular weight is 455 g/mol. The average Bonchev–Trinajstić information content (AvgIpc) is 2.60. The number of halogens is 1. The molecule has 0 saturated carbocycles. The van der Waals surface area contributed by atoms with E-state index in [2.05, 4.69) is 21.2 Å². The van der Waals surface area contributed by atoms with Gasteiger partial charge >= 0.3 is 11.9 Å². The second-order valence-corrected chi connectivity index (χ2v) is 8.08. The number of carbonyl (C=O) groups is 4. The number of carbonyl (C=O) groups excluding carboxylic acids is 2. The third-order valence-electron chi connectivity index (χ3n) is 4.38. The zero-order chi connectivity index (χ0) is 19.9. The summed E-state index contributed by atoms with van der Waals surface area (Å²) in [4.78, 5) is 49.3. The topological polar surface area (TPSA) is 124 Å². The molecule has 1 aromatic carbocycles. The predicted octanol–water partition coefficient (Wildman–Crippen LogP) is 1.38. The van der Waals surface area contributed by atoms with Crippen LogP contribution >= 0.6 is 27.7 Å². The van der Waals surface area contributed by atoms with Gasteiger partial charge in [0.05, 0.1) is 0 Å². The molecule has 10 heteroatoms. The van der Waals surface area contributed by atoms with Gasteiger partial charge in [-0.05, 0) is 24.1 Å². The highest BCUT2D eigenvalue weighted by atomic mass is 79.9. The van der Waals surface area contributed by atoms with Crippen LogP contribution in [0.25, 0.3) is 0 Å². The fourth-order valence-corrected chi connectivity index (χ4v) is 4.91. The van der Waals surface area contributed by atoms with Gasteiger partial charge in [0, 0.05) is 10.2 Å². The number of hydrogen-bond donors (Lipinski definition) is 3. The Labute approximate surface area is 166 Å². The predicted molar refractivity (Wildman–Crippen MR) is 99.9 cm³/mol.